The second kappa shape index (κ2) is 8.53. The van der Waals surface area contributed by atoms with Crippen molar-refractivity contribution in [1.82, 2.24) is 4.98 Å². The highest BCUT2D eigenvalue weighted by Gasteiger charge is 2.19. The molecule has 0 bridgehead atoms. The summed E-state index contributed by atoms with van der Waals surface area (Å²) in [5.74, 6) is -0.457. The number of aryl methyl sites for hydroxylation is 1. The van der Waals surface area contributed by atoms with Crippen LogP contribution in [-0.2, 0) is 21.5 Å². The molecular weight excluding hydrogens is 446 g/mol. The van der Waals surface area contributed by atoms with Gasteiger partial charge in [-0.3, -0.25) is 4.98 Å². The average Bonchev–Trinajstić information content (AvgIpc) is 2.68. The zero-order chi connectivity index (χ0) is 20.1. The van der Waals surface area contributed by atoms with Gasteiger partial charge in [-0.05, 0) is 49.4 Å². The number of nitrogens with zero attached hydrogens (tertiary/aromatic N) is 1. The van der Waals surface area contributed by atoms with Gasteiger partial charge in [0.15, 0.2) is 0 Å². The summed E-state index contributed by atoms with van der Waals surface area (Å²) in [5, 5.41) is 0. The summed E-state index contributed by atoms with van der Waals surface area (Å²) in [4.78, 5) is 16.0. The van der Waals surface area contributed by atoms with Crippen LogP contribution >= 0.6 is 15.9 Å². The van der Waals surface area contributed by atoms with E-state index in [1.165, 1.54) is 42.7 Å². The van der Waals surface area contributed by atoms with Crippen LogP contribution in [0.4, 0.5) is 0 Å². The fourth-order valence-electron chi connectivity index (χ4n) is 2.33. The molecule has 0 amide bonds. The zero-order valence-corrected chi connectivity index (χ0v) is 17.2. The second-order valence-electron chi connectivity index (χ2n) is 5.91. The van der Waals surface area contributed by atoms with E-state index < -0.39 is 16.1 Å². The number of carbonyl (C=O) groups excluding carboxylic acids is 1. The first-order valence-electron chi connectivity index (χ1n) is 8.22. The Labute approximate surface area is 171 Å². The molecule has 0 fully saturated rings. The van der Waals surface area contributed by atoms with Crippen LogP contribution in [0.25, 0.3) is 0 Å². The van der Waals surface area contributed by atoms with E-state index in [-0.39, 0.29) is 17.3 Å². The molecule has 144 valence electrons. The molecule has 1 aromatic heterocycles. The first-order valence-corrected chi connectivity index (χ1v) is 10.4. The van der Waals surface area contributed by atoms with Gasteiger partial charge in [0.25, 0.3) is 0 Å². The second-order valence-corrected chi connectivity index (χ2v) is 8.38. The van der Waals surface area contributed by atoms with Gasteiger partial charge >= 0.3 is 16.1 Å². The van der Waals surface area contributed by atoms with E-state index in [0.717, 1.165) is 5.56 Å². The van der Waals surface area contributed by atoms with Crippen molar-refractivity contribution >= 4 is 32.0 Å². The van der Waals surface area contributed by atoms with Crippen LogP contribution in [0.1, 0.15) is 21.5 Å². The SMILES string of the molecule is Cc1ccc(S(=O)(=O)Oc2ccc(Br)cc2COC(=O)c2ccncc2)cc1. The summed E-state index contributed by atoms with van der Waals surface area (Å²) in [6.07, 6.45) is 2.97. The minimum absolute atomic E-state index is 0.0424. The first-order chi connectivity index (χ1) is 13.3. The van der Waals surface area contributed by atoms with Crippen LogP contribution < -0.4 is 4.18 Å². The molecule has 6 nitrogen and oxygen atoms in total. The topological polar surface area (TPSA) is 82.6 Å². The standard InChI is InChI=1S/C20H16BrNO5S/c1-14-2-5-18(6-3-14)28(24,25)27-19-7-4-17(21)12-16(19)13-26-20(23)15-8-10-22-11-9-15/h2-12H,13H2,1H3. The van der Waals surface area contributed by atoms with E-state index in [9.17, 15) is 13.2 Å². The van der Waals surface area contributed by atoms with E-state index in [2.05, 4.69) is 20.9 Å². The zero-order valence-electron chi connectivity index (χ0n) is 14.8. The molecule has 0 unspecified atom stereocenters. The van der Waals surface area contributed by atoms with Gasteiger partial charge in [0, 0.05) is 22.4 Å². The monoisotopic (exact) mass is 461 g/mol. The Morgan fingerprint density at radius 2 is 1.71 bits per heavy atom. The minimum Gasteiger partial charge on any atom is -0.457 e. The predicted molar refractivity (Wildman–Crippen MR) is 106 cm³/mol. The lowest BCUT2D eigenvalue weighted by molar-refractivity contribution is 0.0471. The fourth-order valence-corrected chi connectivity index (χ4v) is 3.70. The van der Waals surface area contributed by atoms with Gasteiger partial charge in [-0.15, -0.1) is 0 Å². The van der Waals surface area contributed by atoms with Crippen LogP contribution in [0, 0.1) is 6.92 Å². The lowest BCUT2D eigenvalue weighted by Crippen LogP contribution is -2.12. The van der Waals surface area contributed by atoms with E-state index >= 15 is 0 Å². The van der Waals surface area contributed by atoms with Crippen molar-refractivity contribution in [2.24, 2.45) is 0 Å². The Morgan fingerprint density at radius 3 is 2.39 bits per heavy atom. The largest absolute Gasteiger partial charge is 0.457 e. The number of hydrogen-bond acceptors (Lipinski definition) is 6. The number of pyridine rings is 1. The molecule has 0 aliphatic rings. The van der Waals surface area contributed by atoms with Crippen molar-refractivity contribution in [3.8, 4) is 5.75 Å². The maximum atomic E-state index is 12.6. The highest BCUT2D eigenvalue weighted by atomic mass is 79.9. The van der Waals surface area contributed by atoms with Gasteiger partial charge in [0.2, 0.25) is 0 Å². The molecule has 0 N–H and O–H groups in total. The van der Waals surface area contributed by atoms with Gasteiger partial charge in [-0.1, -0.05) is 33.6 Å². The molecule has 0 aliphatic heterocycles. The highest BCUT2D eigenvalue weighted by molar-refractivity contribution is 9.10. The molecule has 0 spiro atoms. The minimum atomic E-state index is -4.02. The molecule has 1 heterocycles. The van der Waals surface area contributed by atoms with Gasteiger partial charge in [-0.25, -0.2) is 4.79 Å². The van der Waals surface area contributed by atoms with Gasteiger partial charge in [0.05, 0.1) is 5.56 Å². The van der Waals surface area contributed by atoms with Crippen molar-refractivity contribution in [1.29, 1.82) is 0 Å². The normalized spacial score (nSPS) is 11.1. The van der Waals surface area contributed by atoms with Crippen LogP contribution in [0.3, 0.4) is 0 Å². The smallest absolute Gasteiger partial charge is 0.339 e. The van der Waals surface area contributed by atoms with E-state index in [1.54, 1.807) is 24.3 Å². The number of benzene rings is 2. The van der Waals surface area contributed by atoms with Crippen molar-refractivity contribution in [2.45, 2.75) is 18.4 Å². The number of hydrogen-bond donors (Lipinski definition) is 0. The molecule has 3 aromatic rings. The number of aromatic nitrogens is 1. The van der Waals surface area contributed by atoms with E-state index in [0.29, 0.717) is 15.6 Å². The fraction of sp³-hybridized carbons (Fsp3) is 0.100. The van der Waals surface area contributed by atoms with Gasteiger partial charge in [-0.2, -0.15) is 8.42 Å². The molecule has 0 radical (unpaired) electrons. The Bertz CT molecular complexity index is 1080. The summed E-state index contributed by atoms with van der Waals surface area (Å²) >= 11 is 3.33. The quantitative estimate of drug-likeness (QED) is 0.402. The van der Waals surface area contributed by atoms with Crippen LogP contribution in [0.2, 0.25) is 0 Å². The lowest BCUT2D eigenvalue weighted by Gasteiger charge is -2.13. The molecule has 3 rings (SSSR count). The van der Waals surface area contributed by atoms with Crippen molar-refractivity contribution in [2.75, 3.05) is 0 Å². The van der Waals surface area contributed by atoms with Crippen LogP contribution in [0.15, 0.2) is 76.4 Å². The molecule has 8 heteroatoms. The van der Waals surface area contributed by atoms with Crippen LogP contribution in [-0.4, -0.2) is 19.4 Å². The maximum absolute atomic E-state index is 12.6. The van der Waals surface area contributed by atoms with Gasteiger partial charge < -0.3 is 8.92 Å². The van der Waals surface area contributed by atoms with Gasteiger partial charge in [0.1, 0.15) is 17.3 Å². The average molecular weight is 462 g/mol. The van der Waals surface area contributed by atoms with Crippen molar-refractivity contribution in [3.05, 3.63) is 88.2 Å². The van der Waals surface area contributed by atoms with Crippen molar-refractivity contribution < 1.29 is 22.1 Å². The van der Waals surface area contributed by atoms with E-state index in [1.807, 2.05) is 6.92 Å². The molecule has 0 aliphatic carbocycles. The summed E-state index contributed by atoms with van der Waals surface area (Å²) < 4.78 is 36.4. The van der Waals surface area contributed by atoms with E-state index in [4.69, 9.17) is 8.92 Å². The molecule has 0 saturated carbocycles. The Hall–Kier alpha value is -2.71. The summed E-state index contributed by atoms with van der Waals surface area (Å²) in [6, 6.07) is 14.2. The van der Waals surface area contributed by atoms with Crippen molar-refractivity contribution in [3.63, 3.8) is 0 Å². The third kappa shape index (κ3) is 4.96. The summed E-state index contributed by atoms with van der Waals surface area (Å²) in [5.41, 5.74) is 1.69. The lowest BCUT2D eigenvalue weighted by atomic mass is 10.2. The highest BCUT2D eigenvalue weighted by Crippen LogP contribution is 2.27. The Balaban J connectivity index is 1.80. The third-order valence-corrected chi connectivity index (χ3v) is 5.55. The van der Waals surface area contributed by atoms with Crippen LogP contribution in [0.5, 0.6) is 5.75 Å². The molecular formula is C20H16BrNO5S. The molecule has 0 atom stereocenters. The summed E-state index contributed by atoms with van der Waals surface area (Å²) in [7, 11) is -4.02. The third-order valence-electron chi connectivity index (χ3n) is 3.81. The Kier molecular flexibility index (Phi) is 6.11. The number of ether oxygens (including phenoxy) is 1. The maximum Gasteiger partial charge on any atom is 0.339 e. The summed E-state index contributed by atoms with van der Waals surface area (Å²) in [6.45, 7) is 1.71. The first kappa shape index (κ1) is 20.0. The molecule has 28 heavy (non-hydrogen) atoms. The Morgan fingerprint density at radius 1 is 1.04 bits per heavy atom. The molecule has 2 aromatic carbocycles. The number of carbonyl (C=O) groups is 1. The number of esters is 1. The number of rotatable bonds is 6. The molecule has 0 saturated heterocycles. The predicted octanol–water partition coefficient (Wildman–Crippen LogP) is 4.28. The number of halogens is 1.